The van der Waals surface area contributed by atoms with Crippen molar-refractivity contribution in [3.8, 4) is 0 Å². The van der Waals surface area contributed by atoms with Crippen molar-refractivity contribution in [2.45, 2.75) is 18.6 Å². The average Bonchev–Trinajstić information content (AvgIpc) is 2.88. The molecule has 3 nitrogen and oxygen atoms in total. The molecule has 1 aromatic rings. The Hall–Kier alpha value is -1.07. The first-order valence-corrected chi connectivity index (χ1v) is 9.35. The fourth-order valence-electron chi connectivity index (χ4n) is 3.58. The van der Waals surface area contributed by atoms with Crippen LogP contribution in [0.5, 0.6) is 0 Å². The highest BCUT2D eigenvalue weighted by Crippen LogP contribution is 2.28. The van der Waals surface area contributed by atoms with E-state index >= 15 is 0 Å². The van der Waals surface area contributed by atoms with E-state index < -0.39 is 0 Å². The number of benzene rings is 1. The molecule has 120 valence electrons. The molecule has 0 radical (unpaired) electrons. The van der Waals surface area contributed by atoms with E-state index in [0.717, 1.165) is 39.0 Å². The van der Waals surface area contributed by atoms with E-state index in [1.807, 2.05) is 11.2 Å². The van der Waals surface area contributed by atoms with Gasteiger partial charge in [0.1, 0.15) is 5.82 Å². The third-order valence-corrected chi connectivity index (χ3v) is 5.50. The minimum atomic E-state index is -0.220. The van der Waals surface area contributed by atoms with Crippen LogP contribution in [0, 0.1) is 17.7 Å². The highest BCUT2D eigenvalue weighted by molar-refractivity contribution is 7.97. The normalized spacial score (nSPS) is 24.9. The first kappa shape index (κ1) is 15.8. The Morgan fingerprint density at radius 3 is 2.64 bits per heavy atom. The minimum Gasteiger partial charge on any atom is -0.339 e. The van der Waals surface area contributed by atoms with Crippen molar-refractivity contribution in [2.24, 2.45) is 11.8 Å². The number of nitrogens with one attached hydrogen (secondary N) is 1. The molecule has 2 fully saturated rings. The molecule has 2 heterocycles. The summed E-state index contributed by atoms with van der Waals surface area (Å²) in [5, 5.41) is 3.45. The molecule has 0 aromatic heterocycles. The predicted molar refractivity (Wildman–Crippen MR) is 88.6 cm³/mol. The molecule has 22 heavy (non-hydrogen) atoms. The van der Waals surface area contributed by atoms with E-state index in [4.69, 9.17) is 0 Å². The SMILES string of the molecule is CSCc1cc(C(=O)N2CC[C@@H]3CNC[C@@H]3CC2)ccc1F. The van der Waals surface area contributed by atoms with Gasteiger partial charge in [-0.1, -0.05) is 0 Å². The second-order valence-electron chi connectivity index (χ2n) is 6.29. The number of halogens is 1. The predicted octanol–water partition coefficient (Wildman–Crippen LogP) is 2.76. The zero-order valence-electron chi connectivity index (χ0n) is 13.0. The van der Waals surface area contributed by atoms with Crippen LogP contribution >= 0.6 is 11.8 Å². The number of nitrogens with zero attached hydrogens (tertiary/aromatic N) is 1. The van der Waals surface area contributed by atoms with Crippen molar-refractivity contribution < 1.29 is 9.18 Å². The minimum absolute atomic E-state index is 0.0512. The fourth-order valence-corrected chi connectivity index (χ4v) is 4.11. The monoisotopic (exact) mass is 322 g/mol. The van der Waals surface area contributed by atoms with Gasteiger partial charge in [-0.25, -0.2) is 4.39 Å². The number of hydrogen-bond donors (Lipinski definition) is 1. The Labute approximate surface area is 135 Å². The van der Waals surface area contributed by atoms with Crippen LogP contribution < -0.4 is 5.32 Å². The molecule has 1 aromatic carbocycles. The van der Waals surface area contributed by atoms with E-state index in [1.54, 1.807) is 23.9 Å². The van der Waals surface area contributed by atoms with Crippen LogP contribution in [-0.4, -0.2) is 43.2 Å². The Kier molecular flexibility index (Phi) is 5.03. The Morgan fingerprint density at radius 1 is 1.32 bits per heavy atom. The first-order chi connectivity index (χ1) is 10.7. The molecule has 0 bridgehead atoms. The standard InChI is InChI=1S/C17H23FN2OS/c1-22-11-15-8-12(2-3-16(15)18)17(21)20-6-4-13-9-19-10-14(13)5-7-20/h2-3,8,13-14,19H,4-7,9-11H2,1H3/t13-,14+. The van der Waals surface area contributed by atoms with E-state index in [0.29, 0.717) is 28.7 Å². The number of fused-ring (bicyclic) bond motifs is 1. The Bertz CT molecular complexity index is 537. The molecule has 0 spiro atoms. The number of carbonyl (C=O) groups excluding carboxylic acids is 1. The van der Waals surface area contributed by atoms with Crippen LogP contribution in [0.25, 0.3) is 0 Å². The van der Waals surface area contributed by atoms with Gasteiger partial charge in [0, 0.05) is 24.4 Å². The van der Waals surface area contributed by atoms with Gasteiger partial charge in [-0.05, 0) is 67.8 Å². The van der Waals surface area contributed by atoms with Crippen molar-refractivity contribution in [1.82, 2.24) is 10.2 Å². The van der Waals surface area contributed by atoms with Gasteiger partial charge in [0.05, 0.1) is 0 Å². The van der Waals surface area contributed by atoms with Crippen molar-refractivity contribution >= 4 is 17.7 Å². The van der Waals surface area contributed by atoms with Gasteiger partial charge in [-0.15, -0.1) is 0 Å². The molecular weight excluding hydrogens is 299 g/mol. The molecule has 2 atom stereocenters. The van der Waals surface area contributed by atoms with Crippen molar-refractivity contribution in [3.05, 3.63) is 35.1 Å². The highest BCUT2D eigenvalue weighted by atomic mass is 32.2. The lowest BCUT2D eigenvalue weighted by molar-refractivity contribution is 0.0758. The third-order valence-electron chi connectivity index (χ3n) is 4.90. The smallest absolute Gasteiger partial charge is 0.253 e. The van der Waals surface area contributed by atoms with Gasteiger partial charge >= 0.3 is 0 Å². The largest absolute Gasteiger partial charge is 0.339 e. The van der Waals surface area contributed by atoms with Gasteiger partial charge in [-0.2, -0.15) is 11.8 Å². The topological polar surface area (TPSA) is 32.3 Å². The average molecular weight is 322 g/mol. The number of thioether (sulfide) groups is 1. The summed E-state index contributed by atoms with van der Waals surface area (Å²) in [5.41, 5.74) is 1.24. The summed E-state index contributed by atoms with van der Waals surface area (Å²) < 4.78 is 13.7. The maximum Gasteiger partial charge on any atom is 0.253 e. The lowest BCUT2D eigenvalue weighted by Gasteiger charge is -2.21. The van der Waals surface area contributed by atoms with Gasteiger partial charge in [-0.3, -0.25) is 4.79 Å². The number of carbonyl (C=O) groups is 1. The first-order valence-electron chi connectivity index (χ1n) is 7.96. The zero-order valence-corrected chi connectivity index (χ0v) is 13.8. The third kappa shape index (κ3) is 3.30. The second kappa shape index (κ2) is 7.01. The molecule has 0 unspecified atom stereocenters. The van der Waals surface area contributed by atoms with Crippen molar-refractivity contribution in [2.75, 3.05) is 32.4 Å². The maximum atomic E-state index is 13.7. The van der Waals surface area contributed by atoms with Crippen LogP contribution in [0.15, 0.2) is 18.2 Å². The van der Waals surface area contributed by atoms with Gasteiger partial charge in [0.2, 0.25) is 0 Å². The summed E-state index contributed by atoms with van der Waals surface area (Å²) in [6.07, 6.45) is 4.08. The molecule has 1 amide bonds. The van der Waals surface area contributed by atoms with Crippen molar-refractivity contribution in [1.29, 1.82) is 0 Å². The Balaban J connectivity index is 1.72. The lowest BCUT2D eigenvalue weighted by atomic mass is 9.92. The van der Waals surface area contributed by atoms with E-state index in [2.05, 4.69) is 5.32 Å². The molecule has 2 aliphatic heterocycles. The zero-order chi connectivity index (χ0) is 15.5. The quantitative estimate of drug-likeness (QED) is 0.929. The van der Waals surface area contributed by atoms with Crippen molar-refractivity contribution in [3.63, 3.8) is 0 Å². The van der Waals surface area contributed by atoms with Crippen LogP contribution in [0.2, 0.25) is 0 Å². The summed E-state index contributed by atoms with van der Waals surface area (Å²) in [5.74, 6) is 1.84. The molecule has 2 saturated heterocycles. The lowest BCUT2D eigenvalue weighted by Crippen LogP contribution is -2.32. The molecular formula is C17H23FN2OS. The van der Waals surface area contributed by atoms with Crippen LogP contribution in [-0.2, 0) is 5.75 Å². The van der Waals surface area contributed by atoms with Gasteiger partial charge < -0.3 is 10.2 Å². The summed E-state index contributed by atoms with van der Waals surface area (Å²) in [7, 11) is 0. The molecule has 2 aliphatic rings. The van der Waals surface area contributed by atoms with Crippen LogP contribution in [0.3, 0.4) is 0 Å². The van der Waals surface area contributed by atoms with E-state index in [1.165, 1.54) is 6.07 Å². The molecule has 3 rings (SSSR count). The van der Waals surface area contributed by atoms with Crippen LogP contribution in [0.4, 0.5) is 4.39 Å². The summed E-state index contributed by atoms with van der Waals surface area (Å²) in [6.45, 7) is 3.80. The molecule has 1 N–H and O–H groups in total. The Morgan fingerprint density at radius 2 is 2.00 bits per heavy atom. The molecule has 0 saturated carbocycles. The molecule has 5 heteroatoms. The van der Waals surface area contributed by atoms with E-state index in [-0.39, 0.29) is 11.7 Å². The maximum absolute atomic E-state index is 13.7. The summed E-state index contributed by atoms with van der Waals surface area (Å²) >= 11 is 1.57. The number of hydrogen-bond acceptors (Lipinski definition) is 3. The van der Waals surface area contributed by atoms with E-state index in [9.17, 15) is 9.18 Å². The van der Waals surface area contributed by atoms with Crippen LogP contribution in [0.1, 0.15) is 28.8 Å². The second-order valence-corrected chi connectivity index (χ2v) is 7.15. The van der Waals surface area contributed by atoms with Gasteiger partial charge in [0.25, 0.3) is 5.91 Å². The molecule has 0 aliphatic carbocycles. The fraction of sp³-hybridized carbons (Fsp3) is 0.588. The van der Waals surface area contributed by atoms with Gasteiger partial charge in [0.15, 0.2) is 0 Å². The number of rotatable bonds is 3. The summed E-state index contributed by atoms with van der Waals surface area (Å²) in [4.78, 5) is 14.7. The number of amides is 1. The summed E-state index contributed by atoms with van der Waals surface area (Å²) in [6, 6.07) is 4.77. The number of likely N-dealkylation sites (tertiary alicyclic amines) is 1. The highest BCUT2D eigenvalue weighted by Gasteiger charge is 2.31.